The number of rotatable bonds is 6. The van der Waals surface area contributed by atoms with Crippen molar-refractivity contribution in [2.45, 2.75) is 45.1 Å². The molecule has 0 aliphatic rings. The number of hydrogen-bond donors (Lipinski definition) is 1. The fourth-order valence-electron chi connectivity index (χ4n) is 3.14. The lowest BCUT2D eigenvalue weighted by Gasteiger charge is -2.29. The van der Waals surface area contributed by atoms with Crippen molar-refractivity contribution >= 4 is 11.7 Å². The normalized spacial score (nSPS) is 12.9. The molecule has 1 aromatic carbocycles. The summed E-state index contributed by atoms with van der Waals surface area (Å²) < 4.78 is 1.57. The first-order valence-corrected chi connectivity index (χ1v) is 8.45. The maximum absolute atomic E-state index is 12.3. The third kappa shape index (κ3) is 4.21. The molecule has 1 atom stereocenters. The number of benzene rings is 1. The lowest BCUT2D eigenvalue weighted by atomic mass is 9.79. The Kier molecular flexibility index (Phi) is 4.79. The van der Waals surface area contributed by atoms with Gasteiger partial charge in [-0.1, -0.05) is 44.2 Å². The topological polar surface area (TPSA) is 72.2 Å². The van der Waals surface area contributed by atoms with Crippen LogP contribution in [0.1, 0.15) is 38.6 Å². The molecular weight excluding hydrogens is 314 g/mol. The van der Waals surface area contributed by atoms with Gasteiger partial charge in [-0.05, 0) is 30.4 Å². The van der Waals surface area contributed by atoms with Gasteiger partial charge in [0, 0.05) is 18.4 Å². The Labute approximate surface area is 147 Å². The zero-order valence-corrected chi connectivity index (χ0v) is 14.8. The van der Waals surface area contributed by atoms with Crippen molar-refractivity contribution in [2.75, 3.05) is 0 Å². The molecule has 0 fully saturated rings. The first-order valence-electron chi connectivity index (χ1n) is 8.45. The molecule has 3 rings (SSSR count). The van der Waals surface area contributed by atoms with Gasteiger partial charge in [-0.25, -0.2) is 9.50 Å². The molecule has 1 amide bonds. The monoisotopic (exact) mass is 337 g/mol. The van der Waals surface area contributed by atoms with Gasteiger partial charge < -0.3 is 5.32 Å². The van der Waals surface area contributed by atoms with E-state index < -0.39 is 0 Å². The molecule has 6 nitrogen and oxygen atoms in total. The second kappa shape index (κ2) is 7.01. The Morgan fingerprint density at radius 1 is 1.24 bits per heavy atom. The minimum Gasteiger partial charge on any atom is -0.353 e. The molecule has 6 heteroatoms. The highest BCUT2D eigenvalue weighted by Gasteiger charge is 2.24. The van der Waals surface area contributed by atoms with Crippen LogP contribution < -0.4 is 5.32 Å². The third-order valence-corrected chi connectivity index (χ3v) is 4.26. The van der Waals surface area contributed by atoms with Crippen LogP contribution in [-0.2, 0) is 16.6 Å². The molecule has 0 bridgehead atoms. The fourth-order valence-corrected chi connectivity index (χ4v) is 3.14. The predicted molar refractivity (Wildman–Crippen MR) is 96.2 cm³/mol. The molecule has 0 radical (unpaired) electrons. The molecule has 0 saturated heterocycles. The molecule has 0 aliphatic heterocycles. The highest BCUT2D eigenvalue weighted by molar-refractivity contribution is 5.78. The Hall–Kier alpha value is -2.76. The first kappa shape index (κ1) is 17.1. The Morgan fingerprint density at radius 3 is 2.72 bits per heavy atom. The van der Waals surface area contributed by atoms with E-state index in [2.05, 4.69) is 46.4 Å². The summed E-state index contributed by atoms with van der Waals surface area (Å²) in [6.45, 7) is 6.42. The van der Waals surface area contributed by atoms with E-state index in [9.17, 15) is 4.79 Å². The van der Waals surface area contributed by atoms with Gasteiger partial charge in [-0.15, -0.1) is 5.10 Å². The summed E-state index contributed by atoms with van der Waals surface area (Å²) >= 11 is 0. The molecule has 0 unspecified atom stereocenters. The van der Waals surface area contributed by atoms with Crippen molar-refractivity contribution < 1.29 is 4.79 Å². The number of aromatic nitrogens is 4. The van der Waals surface area contributed by atoms with Crippen molar-refractivity contribution in [1.82, 2.24) is 24.9 Å². The molecular formula is C19H23N5O. The van der Waals surface area contributed by atoms with Crippen LogP contribution in [0.15, 0.2) is 48.8 Å². The van der Waals surface area contributed by atoms with Crippen molar-refractivity contribution in [2.24, 2.45) is 0 Å². The summed E-state index contributed by atoms with van der Waals surface area (Å²) in [5.74, 6) is 0.904. The van der Waals surface area contributed by atoms with E-state index in [0.29, 0.717) is 11.6 Å². The van der Waals surface area contributed by atoms with Gasteiger partial charge in [0.2, 0.25) is 5.91 Å². The second-order valence-corrected chi connectivity index (χ2v) is 6.99. The highest BCUT2D eigenvalue weighted by Crippen LogP contribution is 2.28. The van der Waals surface area contributed by atoms with Crippen LogP contribution in [0.25, 0.3) is 5.78 Å². The smallest absolute Gasteiger partial charge is 0.252 e. The summed E-state index contributed by atoms with van der Waals surface area (Å²) in [5.41, 5.74) is 1.25. The van der Waals surface area contributed by atoms with Gasteiger partial charge in [0.05, 0.1) is 6.42 Å². The average molecular weight is 337 g/mol. The van der Waals surface area contributed by atoms with Crippen molar-refractivity contribution in [3.8, 4) is 0 Å². The van der Waals surface area contributed by atoms with Crippen molar-refractivity contribution in [3.63, 3.8) is 0 Å². The van der Waals surface area contributed by atoms with Crippen molar-refractivity contribution in [1.29, 1.82) is 0 Å². The van der Waals surface area contributed by atoms with Crippen LogP contribution in [0.3, 0.4) is 0 Å². The van der Waals surface area contributed by atoms with E-state index >= 15 is 0 Å². The molecule has 2 aromatic heterocycles. The first-order chi connectivity index (χ1) is 11.9. The van der Waals surface area contributed by atoms with Gasteiger partial charge >= 0.3 is 0 Å². The fraction of sp³-hybridized carbons (Fsp3) is 0.368. The molecule has 2 heterocycles. The number of fused-ring (bicyclic) bond motifs is 1. The minimum atomic E-state index is -0.0766. The van der Waals surface area contributed by atoms with Gasteiger partial charge in [0.1, 0.15) is 0 Å². The number of nitrogens with zero attached hydrogens (tertiary/aromatic N) is 4. The van der Waals surface area contributed by atoms with E-state index in [1.54, 1.807) is 23.0 Å². The average Bonchev–Trinajstić information content (AvgIpc) is 2.96. The standard InChI is InChI=1S/C19H23N5O/c1-14(13-19(2,3)15-8-5-4-6-9-15)21-17(25)12-16-22-18-20-10-7-11-24(18)23-16/h4-11,14H,12-13H2,1-3H3,(H,21,25)/t14-/m0/s1. The predicted octanol–water partition coefficient (Wildman–Crippen LogP) is 2.54. The van der Waals surface area contributed by atoms with Gasteiger partial charge in [0.25, 0.3) is 5.78 Å². The maximum Gasteiger partial charge on any atom is 0.252 e. The summed E-state index contributed by atoms with van der Waals surface area (Å²) in [6.07, 6.45) is 4.42. The molecule has 3 aromatic rings. The SMILES string of the molecule is C[C@@H](CC(C)(C)c1ccccc1)NC(=O)Cc1nc2ncccn2n1. The van der Waals surface area contributed by atoms with Crippen LogP contribution >= 0.6 is 0 Å². The van der Waals surface area contributed by atoms with E-state index in [-0.39, 0.29) is 23.8 Å². The summed E-state index contributed by atoms with van der Waals surface area (Å²) in [7, 11) is 0. The van der Waals surface area contributed by atoms with Crippen LogP contribution in [0.5, 0.6) is 0 Å². The van der Waals surface area contributed by atoms with Crippen LogP contribution in [0.2, 0.25) is 0 Å². The summed E-state index contributed by atoms with van der Waals surface area (Å²) in [4.78, 5) is 20.7. The minimum absolute atomic E-state index is 0.0147. The van der Waals surface area contributed by atoms with E-state index in [4.69, 9.17) is 0 Å². The zero-order chi connectivity index (χ0) is 17.9. The van der Waals surface area contributed by atoms with E-state index in [0.717, 1.165) is 6.42 Å². The van der Waals surface area contributed by atoms with E-state index in [1.165, 1.54) is 5.56 Å². The molecule has 0 spiro atoms. The Balaban J connectivity index is 1.58. The van der Waals surface area contributed by atoms with Gasteiger partial charge in [-0.2, -0.15) is 4.98 Å². The quantitative estimate of drug-likeness (QED) is 0.750. The van der Waals surface area contributed by atoms with Gasteiger partial charge in [0.15, 0.2) is 5.82 Å². The molecule has 25 heavy (non-hydrogen) atoms. The lowest BCUT2D eigenvalue weighted by molar-refractivity contribution is -0.121. The highest BCUT2D eigenvalue weighted by atomic mass is 16.1. The van der Waals surface area contributed by atoms with E-state index in [1.807, 2.05) is 25.1 Å². The van der Waals surface area contributed by atoms with Crippen LogP contribution in [-0.4, -0.2) is 31.5 Å². The maximum atomic E-state index is 12.3. The summed E-state index contributed by atoms with van der Waals surface area (Å²) in [6, 6.07) is 12.2. The number of carbonyl (C=O) groups excluding carboxylic acids is 1. The zero-order valence-electron chi connectivity index (χ0n) is 14.8. The third-order valence-electron chi connectivity index (χ3n) is 4.26. The van der Waals surface area contributed by atoms with Crippen molar-refractivity contribution in [3.05, 3.63) is 60.2 Å². The number of nitrogens with one attached hydrogen (secondary N) is 1. The summed E-state index contributed by atoms with van der Waals surface area (Å²) in [5, 5.41) is 7.31. The van der Waals surface area contributed by atoms with Gasteiger partial charge in [-0.3, -0.25) is 4.79 Å². The molecule has 0 aliphatic carbocycles. The number of hydrogen-bond acceptors (Lipinski definition) is 4. The molecule has 0 saturated carbocycles. The van der Waals surface area contributed by atoms with Crippen LogP contribution in [0, 0.1) is 0 Å². The second-order valence-electron chi connectivity index (χ2n) is 6.99. The lowest BCUT2D eigenvalue weighted by Crippen LogP contribution is -2.38. The molecule has 1 N–H and O–H groups in total. The van der Waals surface area contributed by atoms with Crippen LogP contribution in [0.4, 0.5) is 0 Å². The Morgan fingerprint density at radius 2 is 2.00 bits per heavy atom. The Bertz CT molecular complexity index is 823. The number of carbonyl (C=O) groups is 1. The molecule has 130 valence electrons. The largest absolute Gasteiger partial charge is 0.353 e. The number of amides is 1.